The first-order chi connectivity index (χ1) is 11.0. The van der Waals surface area contributed by atoms with Crippen molar-refractivity contribution < 1.29 is 19.4 Å². The minimum Gasteiger partial charge on any atom is -0.444 e. The SMILES string of the molecule is CC(C)(C)OC(=O)N1CCC(O)(CN(C(=O)CCl)C2(C)CC2)CC1. The van der Waals surface area contributed by atoms with Gasteiger partial charge in [0.1, 0.15) is 11.5 Å². The number of carbonyl (C=O) groups excluding carboxylic acids is 2. The maximum Gasteiger partial charge on any atom is 0.410 e. The van der Waals surface area contributed by atoms with Crippen LogP contribution in [-0.2, 0) is 9.53 Å². The smallest absolute Gasteiger partial charge is 0.410 e. The van der Waals surface area contributed by atoms with Crippen molar-refractivity contribution in [3.8, 4) is 0 Å². The number of carbonyl (C=O) groups is 2. The summed E-state index contributed by atoms with van der Waals surface area (Å²) in [5, 5.41) is 10.9. The summed E-state index contributed by atoms with van der Waals surface area (Å²) in [6, 6.07) is 0. The summed E-state index contributed by atoms with van der Waals surface area (Å²) in [6.07, 6.45) is 2.38. The molecule has 2 rings (SSSR count). The molecule has 138 valence electrons. The summed E-state index contributed by atoms with van der Waals surface area (Å²) in [5.74, 6) is -0.213. The second kappa shape index (κ2) is 6.71. The van der Waals surface area contributed by atoms with Gasteiger partial charge in [0.05, 0.1) is 12.1 Å². The molecule has 0 aromatic rings. The number of piperidine rings is 1. The summed E-state index contributed by atoms with van der Waals surface area (Å²) >= 11 is 5.73. The zero-order chi connectivity index (χ0) is 18.2. The number of hydrogen-bond acceptors (Lipinski definition) is 4. The van der Waals surface area contributed by atoms with Crippen molar-refractivity contribution in [3.05, 3.63) is 0 Å². The lowest BCUT2D eigenvalue weighted by molar-refractivity contribution is -0.137. The number of β-amino-alcohol motifs (C(OH)–C–C–N with tert-alkyl or cyclic N) is 1. The highest BCUT2D eigenvalue weighted by molar-refractivity contribution is 6.27. The van der Waals surface area contributed by atoms with E-state index in [0.717, 1.165) is 12.8 Å². The Labute approximate surface area is 149 Å². The van der Waals surface area contributed by atoms with Gasteiger partial charge in [-0.25, -0.2) is 4.79 Å². The Morgan fingerprint density at radius 1 is 1.21 bits per heavy atom. The third-order valence-corrected chi connectivity index (χ3v) is 5.07. The topological polar surface area (TPSA) is 70.1 Å². The van der Waals surface area contributed by atoms with Gasteiger partial charge in [0.25, 0.3) is 0 Å². The monoisotopic (exact) mass is 360 g/mol. The molecule has 1 heterocycles. The van der Waals surface area contributed by atoms with Crippen molar-refractivity contribution in [2.75, 3.05) is 25.5 Å². The standard InChI is InChI=1S/C17H29ClN2O4/c1-15(2,3)24-14(22)19-9-7-17(23,8-10-19)12-20(13(21)11-18)16(4)5-6-16/h23H,5-12H2,1-4H3. The molecule has 6 nitrogen and oxygen atoms in total. The van der Waals surface area contributed by atoms with Crippen LogP contribution in [-0.4, -0.2) is 69.2 Å². The highest BCUT2D eigenvalue weighted by Gasteiger charge is 2.48. The van der Waals surface area contributed by atoms with Crippen LogP contribution in [0, 0.1) is 0 Å². The Kier molecular flexibility index (Phi) is 5.40. The molecule has 0 spiro atoms. The van der Waals surface area contributed by atoms with Crippen LogP contribution < -0.4 is 0 Å². The second-order valence-electron chi connectivity index (χ2n) is 8.30. The number of amides is 2. The molecule has 7 heteroatoms. The van der Waals surface area contributed by atoms with Crippen LogP contribution in [0.4, 0.5) is 4.79 Å². The lowest BCUT2D eigenvalue weighted by Gasteiger charge is -2.42. The van der Waals surface area contributed by atoms with Crippen molar-refractivity contribution >= 4 is 23.6 Å². The van der Waals surface area contributed by atoms with E-state index >= 15 is 0 Å². The first kappa shape index (κ1) is 19.3. The zero-order valence-corrected chi connectivity index (χ0v) is 15.9. The normalized spacial score (nSPS) is 22.0. The van der Waals surface area contributed by atoms with Gasteiger partial charge >= 0.3 is 6.09 Å². The molecule has 1 aliphatic carbocycles. The average molecular weight is 361 g/mol. The summed E-state index contributed by atoms with van der Waals surface area (Å²) in [7, 11) is 0. The fourth-order valence-corrected chi connectivity index (χ4v) is 3.13. The van der Waals surface area contributed by atoms with E-state index in [2.05, 4.69) is 0 Å². The molecule has 2 aliphatic rings. The fourth-order valence-electron chi connectivity index (χ4n) is 2.99. The molecule has 24 heavy (non-hydrogen) atoms. The van der Waals surface area contributed by atoms with Crippen LogP contribution in [0.2, 0.25) is 0 Å². The summed E-state index contributed by atoms with van der Waals surface area (Å²) in [5.41, 5.74) is -1.69. The molecule has 1 N–H and O–H groups in total. The van der Waals surface area contributed by atoms with E-state index in [0.29, 0.717) is 25.9 Å². The minimum absolute atomic E-state index is 0.0737. The van der Waals surface area contributed by atoms with E-state index in [1.54, 1.807) is 9.80 Å². The van der Waals surface area contributed by atoms with E-state index in [4.69, 9.17) is 16.3 Å². The number of ether oxygens (including phenoxy) is 1. The van der Waals surface area contributed by atoms with Gasteiger partial charge in [-0.1, -0.05) is 0 Å². The fraction of sp³-hybridized carbons (Fsp3) is 0.882. The van der Waals surface area contributed by atoms with Gasteiger partial charge < -0.3 is 19.6 Å². The predicted octanol–water partition coefficient (Wildman–Crippen LogP) is 2.37. The largest absolute Gasteiger partial charge is 0.444 e. The zero-order valence-electron chi connectivity index (χ0n) is 15.1. The number of likely N-dealkylation sites (tertiary alicyclic amines) is 1. The van der Waals surface area contributed by atoms with Crippen molar-refractivity contribution in [2.45, 2.75) is 70.1 Å². The van der Waals surface area contributed by atoms with Crippen LogP contribution >= 0.6 is 11.6 Å². The first-order valence-electron chi connectivity index (χ1n) is 8.55. The molecule has 1 saturated heterocycles. The average Bonchev–Trinajstić information content (AvgIpc) is 3.22. The Morgan fingerprint density at radius 3 is 2.17 bits per heavy atom. The van der Waals surface area contributed by atoms with Crippen LogP contribution in [0.1, 0.15) is 53.4 Å². The molecule has 1 aliphatic heterocycles. The highest BCUT2D eigenvalue weighted by atomic mass is 35.5. The lowest BCUT2D eigenvalue weighted by atomic mass is 9.90. The van der Waals surface area contributed by atoms with E-state index in [9.17, 15) is 14.7 Å². The third kappa shape index (κ3) is 4.76. The minimum atomic E-state index is -0.980. The maximum absolute atomic E-state index is 12.1. The molecule has 2 fully saturated rings. The molecule has 1 saturated carbocycles. The van der Waals surface area contributed by atoms with Crippen LogP contribution in [0.15, 0.2) is 0 Å². The van der Waals surface area contributed by atoms with Crippen molar-refractivity contribution in [1.29, 1.82) is 0 Å². The third-order valence-electron chi connectivity index (χ3n) is 4.84. The predicted molar refractivity (Wildman–Crippen MR) is 92.1 cm³/mol. The molecule has 0 aromatic heterocycles. The van der Waals surface area contributed by atoms with E-state index in [1.165, 1.54) is 0 Å². The van der Waals surface area contributed by atoms with Crippen LogP contribution in [0.3, 0.4) is 0 Å². The molecular formula is C17H29ClN2O4. The summed E-state index contributed by atoms with van der Waals surface area (Å²) < 4.78 is 5.37. The molecule has 2 amide bonds. The number of alkyl halides is 1. The molecule has 0 radical (unpaired) electrons. The maximum atomic E-state index is 12.1. The Hall–Kier alpha value is -1.01. The second-order valence-corrected chi connectivity index (χ2v) is 8.57. The number of hydrogen-bond donors (Lipinski definition) is 1. The van der Waals surface area contributed by atoms with E-state index in [1.807, 2.05) is 27.7 Å². The molecule has 0 atom stereocenters. The van der Waals surface area contributed by atoms with Gasteiger partial charge in [0.15, 0.2) is 0 Å². The quantitative estimate of drug-likeness (QED) is 0.781. The molecular weight excluding hydrogens is 332 g/mol. The highest BCUT2D eigenvalue weighted by Crippen LogP contribution is 2.42. The Bertz CT molecular complexity index is 491. The van der Waals surface area contributed by atoms with Crippen molar-refractivity contribution in [3.63, 3.8) is 0 Å². The Morgan fingerprint density at radius 2 is 1.75 bits per heavy atom. The first-order valence-corrected chi connectivity index (χ1v) is 9.08. The van der Waals surface area contributed by atoms with Gasteiger partial charge in [0, 0.05) is 18.6 Å². The van der Waals surface area contributed by atoms with Crippen LogP contribution in [0.5, 0.6) is 0 Å². The number of nitrogens with zero attached hydrogens (tertiary/aromatic N) is 2. The summed E-state index contributed by atoms with van der Waals surface area (Å²) in [6.45, 7) is 8.63. The van der Waals surface area contributed by atoms with Gasteiger partial charge in [-0.15, -0.1) is 11.6 Å². The van der Waals surface area contributed by atoms with Gasteiger partial charge in [-0.3, -0.25) is 4.79 Å². The molecule has 0 unspecified atom stereocenters. The number of halogens is 1. The Balaban J connectivity index is 1.94. The van der Waals surface area contributed by atoms with E-state index in [-0.39, 0.29) is 30.0 Å². The molecule has 0 aromatic carbocycles. The van der Waals surface area contributed by atoms with E-state index < -0.39 is 11.2 Å². The van der Waals surface area contributed by atoms with Crippen LogP contribution in [0.25, 0.3) is 0 Å². The van der Waals surface area contributed by atoms with Crippen molar-refractivity contribution in [2.24, 2.45) is 0 Å². The van der Waals surface area contributed by atoms with Gasteiger partial charge in [-0.2, -0.15) is 0 Å². The van der Waals surface area contributed by atoms with Gasteiger partial charge in [-0.05, 0) is 53.4 Å². The molecule has 0 bridgehead atoms. The number of rotatable bonds is 4. The lowest BCUT2D eigenvalue weighted by Crippen LogP contribution is -2.56. The summed E-state index contributed by atoms with van der Waals surface area (Å²) in [4.78, 5) is 27.6. The number of aliphatic hydroxyl groups is 1. The van der Waals surface area contributed by atoms with Gasteiger partial charge in [0.2, 0.25) is 5.91 Å². The van der Waals surface area contributed by atoms with Crippen molar-refractivity contribution in [1.82, 2.24) is 9.80 Å².